The maximum atomic E-state index is 10.1. The maximum absolute atomic E-state index is 10.1. The number of carbonyl (C=O) groups is 1. The van der Waals surface area contributed by atoms with E-state index in [-0.39, 0.29) is 6.42 Å². The van der Waals surface area contributed by atoms with Crippen LogP contribution < -0.4 is 0 Å². The second-order valence-electron chi connectivity index (χ2n) is 2.97. The Morgan fingerprint density at radius 1 is 1.50 bits per heavy atom. The molecule has 0 aromatic heterocycles. The van der Waals surface area contributed by atoms with E-state index in [9.17, 15) is 9.90 Å². The van der Waals surface area contributed by atoms with Crippen molar-refractivity contribution in [3.05, 3.63) is 0 Å². The van der Waals surface area contributed by atoms with E-state index in [1.807, 2.05) is 0 Å². The molecule has 0 saturated carbocycles. The lowest BCUT2D eigenvalue weighted by Gasteiger charge is -2.24. The van der Waals surface area contributed by atoms with Gasteiger partial charge in [-0.15, -0.1) is 0 Å². The van der Waals surface area contributed by atoms with Gasteiger partial charge in [0.1, 0.15) is 6.29 Å². The monoisotopic (exact) mass is 176 g/mol. The van der Waals surface area contributed by atoms with E-state index >= 15 is 0 Å². The maximum Gasteiger partial charge on any atom is 0.159 e. The molecule has 0 radical (unpaired) electrons. The summed E-state index contributed by atoms with van der Waals surface area (Å²) in [7, 11) is 2.98. The molecule has 0 bridgehead atoms. The van der Waals surface area contributed by atoms with E-state index in [0.29, 0.717) is 12.7 Å². The number of methoxy groups -OCH3 is 2. The molecule has 0 saturated heterocycles. The van der Waals surface area contributed by atoms with E-state index in [1.54, 1.807) is 6.92 Å². The van der Waals surface area contributed by atoms with Gasteiger partial charge in [-0.1, -0.05) is 0 Å². The van der Waals surface area contributed by atoms with Crippen LogP contribution in [0.15, 0.2) is 0 Å². The number of carbonyl (C=O) groups excluding carboxylic acids is 1. The van der Waals surface area contributed by atoms with E-state index in [2.05, 4.69) is 0 Å². The average Bonchev–Trinajstić information content (AvgIpc) is 2.00. The van der Waals surface area contributed by atoms with Crippen molar-refractivity contribution in [2.24, 2.45) is 0 Å². The molecule has 0 fully saturated rings. The number of hydrogen-bond acceptors (Lipinski definition) is 4. The van der Waals surface area contributed by atoms with Crippen LogP contribution in [0.25, 0.3) is 0 Å². The Kier molecular flexibility index (Phi) is 5.04. The smallest absolute Gasteiger partial charge is 0.159 e. The van der Waals surface area contributed by atoms with Crippen molar-refractivity contribution in [3.63, 3.8) is 0 Å². The number of ether oxygens (including phenoxy) is 2. The summed E-state index contributed by atoms with van der Waals surface area (Å²) in [6.07, 6.45) is 0.608. The predicted molar refractivity (Wildman–Crippen MR) is 43.7 cm³/mol. The fraction of sp³-hybridized carbons (Fsp3) is 0.875. The average molecular weight is 176 g/mol. The third-order valence-electron chi connectivity index (χ3n) is 1.66. The summed E-state index contributed by atoms with van der Waals surface area (Å²) in [6, 6.07) is 0. The highest BCUT2D eigenvalue weighted by atomic mass is 16.7. The van der Waals surface area contributed by atoms with Gasteiger partial charge < -0.3 is 19.4 Å². The Labute approximate surface area is 72.5 Å². The van der Waals surface area contributed by atoms with Crippen molar-refractivity contribution in [2.75, 3.05) is 14.2 Å². The Balaban J connectivity index is 3.92. The van der Waals surface area contributed by atoms with Crippen molar-refractivity contribution in [1.29, 1.82) is 0 Å². The molecule has 4 heteroatoms. The molecule has 0 aliphatic heterocycles. The van der Waals surface area contributed by atoms with Gasteiger partial charge in [0.2, 0.25) is 0 Å². The lowest BCUT2D eigenvalue weighted by molar-refractivity contribution is -0.143. The molecule has 0 spiro atoms. The van der Waals surface area contributed by atoms with Gasteiger partial charge in [-0.2, -0.15) is 0 Å². The van der Waals surface area contributed by atoms with E-state index < -0.39 is 11.9 Å². The summed E-state index contributed by atoms with van der Waals surface area (Å²) in [5.74, 6) is 0. The van der Waals surface area contributed by atoms with Gasteiger partial charge in [0.25, 0.3) is 0 Å². The SMILES string of the molecule is COC(CC(C)(O)CC=O)OC. The molecular formula is C8H16O4. The Bertz CT molecular complexity index is 129. The largest absolute Gasteiger partial charge is 0.390 e. The summed E-state index contributed by atoms with van der Waals surface area (Å²) < 4.78 is 9.77. The first-order valence-corrected chi connectivity index (χ1v) is 3.77. The number of aliphatic hydroxyl groups is 1. The lowest BCUT2D eigenvalue weighted by atomic mass is 9.99. The van der Waals surface area contributed by atoms with Gasteiger partial charge in [-0.25, -0.2) is 0 Å². The van der Waals surface area contributed by atoms with Crippen LogP contribution in [-0.4, -0.2) is 37.5 Å². The molecule has 4 nitrogen and oxygen atoms in total. The van der Waals surface area contributed by atoms with Gasteiger partial charge in [0.15, 0.2) is 6.29 Å². The van der Waals surface area contributed by atoms with Gasteiger partial charge in [0, 0.05) is 27.1 Å². The fourth-order valence-corrected chi connectivity index (χ4v) is 0.885. The quantitative estimate of drug-likeness (QED) is 0.468. The second-order valence-corrected chi connectivity index (χ2v) is 2.97. The molecule has 1 unspecified atom stereocenters. The first kappa shape index (κ1) is 11.6. The number of aldehydes is 1. The van der Waals surface area contributed by atoms with Crippen LogP contribution >= 0.6 is 0 Å². The van der Waals surface area contributed by atoms with Crippen molar-refractivity contribution in [1.82, 2.24) is 0 Å². The number of rotatable bonds is 6. The zero-order valence-electron chi connectivity index (χ0n) is 7.74. The number of hydrogen-bond donors (Lipinski definition) is 1. The summed E-state index contributed by atoms with van der Waals surface area (Å²) in [5, 5.41) is 9.56. The Hall–Kier alpha value is -0.450. The molecule has 0 heterocycles. The molecule has 0 aromatic rings. The molecule has 0 aromatic carbocycles. The highest BCUT2D eigenvalue weighted by Crippen LogP contribution is 2.16. The third kappa shape index (κ3) is 4.43. The minimum Gasteiger partial charge on any atom is -0.390 e. The van der Waals surface area contributed by atoms with Crippen LogP contribution in [0.3, 0.4) is 0 Å². The minimum atomic E-state index is -1.04. The summed E-state index contributed by atoms with van der Waals surface area (Å²) in [6.45, 7) is 1.58. The van der Waals surface area contributed by atoms with Crippen LogP contribution in [-0.2, 0) is 14.3 Å². The molecule has 1 N–H and O–H groups in total. The van der Waals surface area contributed by atoms with E-state index in [1.165, 1.54) is 14.2 Å². The highest BCUT2D eigenvalue weighted by molar-refractivity contribution is 5.51. The molecular weight excluding hydrogens is 160 g/mol. The Morgan fingerprint density at radius 3 is 2.33 bits per heavy atom. The summed E-state index contributed by atoms with van der Waals surface area (Å²) in [4.78, 5) is 10.1. The minimum absolute atomic E-state index is 0.0935. The van der Waals surface area contributed by atoms with Crippen LogP contribution in [0.1, 0.15) is 19.8 Å². The molecule has 0 amide bonds. The summed E-state index contributed by atoms with van der Waals surface area (Å²) >= 11 is 0. The molecule has 72 valence electrons. The van der Waals surface area contributed by atoms with Crippen molar-refractivity contribution < 1.29 is 19.4 Å². The molecule has 1 atom stereocenters. The van der Waals surface area contributed by atoms with Gasteiger partial charge in [-0.05, 0) is 6.92 Å². The third-order valence-corrected chi connectivity index (χ3v) is 1.66. The molecule has 12 heavy (non-hydrogen) atoms. The van der Waals surface area contributed by atoms with E-state index in [4.69, 9.17) is 9.47 Å². The zero-order chi connectivity index (χ0) is 9.61. The van der Waals surface area contributed by atoms with Gasteiger partial charge in [-0.3, -0.25) is 0 Å². The first-order valence-electron chi connectivity index (χ1n) is 3.77. The topological polar surface area (TPSA) is 55.8 Å². The van der Waals surface area contributed by atoms with Gasteiger partial charge >= 0.3 is 0 Å². The zero-order valence-corrected chi connectivity index (χ0v) is 7.74. The predicted octanol–water partition coefficient (Wildman–Crippen LogP) is 0.335. The Morgan fingerprint density at radius 2 is 2.00 bits per heavy atom. The van der Waals surface area contributed by atoms with Crippen LogP contribution in [0.5, 0.6) is 0 Å². The van der Waals surface area contributed by atoms with Crippen LogP contribution in [0.2, 0.25) is 0 Å². The summed E-state index contributed by atoms with van der Waals surface area (Å²) in [5.41, 5.74) is -1.04. The van der Waals surface area contributed by atoms with Crippen LogP contribution in [0, 0.1) is 0 Å². The highest BCUT2D eigenvalue weighted by Gasteiger charge is 2.24. The van der Waals surface area contributed by atoms with Crippen molar-refractivity contribution >= 4 is 6.29 Å². The molecule has 0 aliphatic carbocycles. The van der Waals surface area contributed by atoms with Crippen molar-refractivity contribution in [2.45, 2.75) is 31.7 Å². The first-order chi connectivity index (χ1) is 5.55. The second kappa shape index (κ2) is 5.24. The lowest BCUT2D eigenvalue weighted by Crippen LogP contribution is -2.32. The van der Waals surface area contributed by atoms with E-state index in [0.717, 1.165) is 0 Å². The molecule has 0 rings (SSSR count). The van der Waals surface area contributed by atoms with Gasteiger partial charge in [0.05, 0.1) is 5.60 Å². The standard InChI is InChI=1S/C8H16O4/c1-8(10,4-5-9)6-7(11-2)12-3/h5,7,10H,4,6H2,1-3H3. The fourth-order valence-electron chi connectivity index (χ4n) is 0.885. The normalized spacial score (nSPS) is 16.1. The van der Waals surface area contributed by atoms with Crippen molar-refractivity contribution in [3.8, 4) is 0 Å². The van der Waals surface area contributed by atoms with Crippen LogP contribution in [0.4, 0.5) is 0 Å². The molecule has 0 aliphatic rings.